The Kier molecular flexibility index (Phi) is 4.85. The van der Waals surface area contributed by atoms with Gasteiger partial charge in [-0.25, -0.2) is 4.39 Å². The Morgan fingerprint density at radius 3 is 2.78 bits per heavy atom. The highest BCUT2D eigenvalue weighted by Gasteiger charge is 2.40. The van der Waals surface area contributed by atoms with Gasteiger partial charge in [0, 0.05) is 30.3 Å². The molecule has 0 spiro atoms. The largest absolute Gasteiger partial charge is 0.352 e. The van der Waals surface area contributed by atoms with Crippen LogP contribution in [0.25, 0.3) is 5.69 Å². The Bertz CT molecular complexity index is 975. The van der Waals surface area contributed by atoms with E-state index < -0.39 is 5.82 Å². The standard InChI is InChI=1S/C20H18ClFN4S/c1-2-25-19(18(24-20(25)27)16-6-3-4-10-23-16)17-7-5-11-26(17)13-8-9-15(22)14(21)12-13/h3-12,18-19H,2H2,1H3,(H,24,27)/t18-,19-/m1/s1. The van der Waals surface area contributed by atoms with E-state index in [1.807, 2.05) is 35.0 Å². The molecule has 0 saturated carbocycles. The lowest BCUT2D eigenvalue weighted by Gasteiger charge is -2.28. The summed E-state index contributed by atoms with van der Waals surface area (Å²) in [4.78, 5) is 6.67. The summed E-state index contributed by atoms with van der Waals surface area (Å²) in [6.07, 6.45) is 3.73. The fraction of sp³-hybridized carbons (Fsp3) is 0.200. The normalized spacial score (nSPS) is 19.4. The third-order valence-electron chi connectivity index (χ3n) is 4.80. The van der Waals surface area contributed by atoms with Gasteiger partial charge in [0.1, 0.15) is 5.82 Å². The predicted molar refractivity (Wildman–Crippen MR) is 109 cm³/mol. The summed E-state index contributed by atoms with van der Waals surface area (Å²) in [6.45, 7) is 2.83. The van der Waals surface area contributed by atoms with Crippen LogP contribution in [-0.4, -0.2) is 26.1 Å². The van der Waals surface area contributed by atoms with Crippen molar-refractivity contribution in [2.24, 2.45) is 0 Å². The zero-order valence-corrected chi connectivity index (χ0v) is 16.2. The van der Waals surface area contributed by atoms with Gasteiger partial charge in [-0.1, -0.05) is 17.7 Å². The SMILES string of the molecule is CCN1C(=S)N[C@H](c2ccccn2)[C@H]1c1cccn1-c1ccc(F)c(Cl)c1. The minimum Gasteiger partial charge on any atom is -0.352 e. The quantitative estimate of drug-likeness (QED) is 0.646. The summed E-state index contributed by atoms with van der Waals surface area (Å²) < 4.78 is 15.6. The van der Waals surface area contributed by atoms with Crippen LogP contribution >= 0.6 is 23.8 Å². The molecule has 4 nitrogen and oxygen atoms in total. The van der Waals surface area contributed by atoms with Gasteiger partial charge in [0.05, 0.1) is 22.8 Å². The molecule has 138 valence electrons. The van der Waals surface area contributed by atoms with Crippen LogP contribution in [0, 0.1) is 5.82 Å². The smallest absolute Gasteiger partial charge is 0.170 e. The number of hydrogen-bond acceptors (Lipinski definition) is 2. The first kappa shape index (κ1) is 17.9. The van der Waals surface area contributed by atoms with Gasteiger partial charge < -0.3 is 14.8 Å². The summed E-state index contributed by atoms with van der Waals surface area (Å²) in [6, 6.07) is 14.5. The average molecular weight is 401 g/mol. The Labute approximate surface area is 167 Å². The molecule has 1 saturated heterocycles. The number of likely N-dealkylation sites (N-methyl/N-ethyl adjacent to an activating group) is 1. The van der Waals surface area contributed by atoms with Crippen molar-refractivity contribution in [1.82, 2.24) is 19.8 Å². The summed E-state index contributed by atoms with van der Waals surface area (Å²) >= 11 is 11.6. The molecule has 0 radical (unpaired) electrons. The third-order valence-corrected chi connectivity index (χ3v) is 5.45. The predicted octanol–water partition coefficient (Wildman–Crippen LogP) is 4.66. The van der Waals surface area contributed by atoms with E-state index in [2.05, 4.69) is 28.2 Å². The van der Waals surface area contributed by atoms with Gasteiger partial charge in [0.2, 0.25) is 0 Å². The molecule has 27 heavy (non-hydrogen) atoms. The highest BCUT2D eigenvalue weighted by molar-refractivity contribution is 7.80. The van der Waals surface area contributed by atoms with E-state index in [0.29, 0.717) is 5.11 Å². The van der Waals surface area contributed by atoms with Gasteiger partial charge in [0.25, 0.3) is 0 Å². The molecule has 1 aliphatic rings. The molecule has 1 aliphatic heterocycles. The number of aromatic nitrogens is 2. The number of halogens is 2. The second-order valence-corrected chi connectivity index (χ2v) is 7.11. The van der Waals surface area contributed by atoms with Gasteiger partial charge in [-0.05, 0) is 61.6 Å². The van der Waals surface area contributed by atoms with E-state index in [4.69, 9.17) is 23.8 Å². The van der Waals surface area contributed by atoms with Crippen LogP contribution in [0.2, 0.25) is 5.02 Å². The van der Waals surface area contributed by atoms with Crippen molar-refractivity contribution >= 4 is 28.9 Å². The van der Waals surface area contributed by atoms with Crippen molar-refractivity contribution in [2.75, 3.05) is 6.54 Å². The molecule has 0 aliphatic carbocycles. The lowest BCUT2D eigenvalue weighted by molar-refractivity contribution is 0.321. The number of hydrogen-bond donors (Lipinski definition) is 1. The fourth-order valence-corrected chi connectivity index (χ4v) is 4.12. The molecule has 1 N–H and O–H groups in total. The molecular formula is C20H18ClFN4S. The molecule has 3 aromatic rings. The maximum Gasteiger partial charge on any atom is 0.170 e. The first-order valence-corrected chi connectivity index (χ1v) is 9.49. The molecule has 7 heteroatoms. The molecule has 2 aromatic heterocycles. The van der Waals surface area contributed by atoms with E-state index in [0.717, 1.165) is 23.6 Å². The van der Waals surface area contributed by atoms with Crippen LogP contribution in [0.1, 0.15) is 30.4 Å². The van der Waals surface area contributed by atoms with Crippen molar-refractivity contribution in [1.29, 1.82) is 0 Å². The number of thiocarbonyl (C=S) groups is 1. The van der Waals surface area contributed by atoms with Crippen molar-refractivity contribution in [3.8, 4) is 5.69 Å². The van der Waals surface area contributed by atoms with E-state index in [1.54, 1.807) is 18.3 Å². The number of rotatable bonds is 4. The first-order valence-electron chi connectivity index (χ1n) is 8.71. The van der Waals surface area contributed by atoms with E-state index >= 15 is 0 Å². The number of benzene rings is 1. The second kappa shape index (κ2) is 7.29. The summed E-state index contributed by atoms with van der Waals surface area (Å²) in [5.74, 6) is -0.431. The van der Waals surface area contributed by atoms with Crippen LogP contribution < -0.4 is 5.32 Å². The molecule has 1 aromatic carbocycles. The summed E-state index contributed by atoms with van der Waals surface area (Å²) in [5, 5.41) is 4.20. The molecule has 0 bridgehead atoms. The molecule has 1 fully saturated rings. The molecule has 3 heterocycles. The van der Waals surface area contributed by atoms with E-state index in [-0.39, 0.29) is 17.1 Å². The van der Waals surface area contributed by atoms with E-state index in [9.17, 15) is 4.39 Å². The summed E-state index contributed by atoms with van der Waals surface area (Å²) in [7, 11) is 0. The molecule has 4 rings (SSSR count). The van der Waals surface area contributed by atoms with Crippen LogP contribution in [0.15, 0.2) is 60.9 Å². The van der Waals surface area contributed by atoms with Gasteiger partial charge in [-0.3, -0.25) is 4.98 Å². The lowest BCUT2D eigenvalue weighted by atomic mass is 10.0. The third kappa shape index (κ3) is 3.19. The Hall–Kier alpha value is -2.44. The van der Waals surface area contributed by atoms with Gasteiger partial charge in [-0.15, -0.1) is 0 Å². The monoisotopic (exact) mass is 400 g/mol. The maximum absolute atomic E-state index is 13.6. The molecular weight excluding hydrogens is 383 g/mol. The molecule has 0 unspecified atom stereocenters. The molecule has 2 atom stereocenters. The number of nitrogens with zero attached hydrogens (tertiary/aromatic N) is 3. The Morgan fingerprint density at radius 1 is 1.22 bits per heavy atom. The van der Waals surface area contributed by atoms with Crippen LogP contribution in [0.4, 0.5) is 4.39 Å². The number of pyridine rings is 1. The topological polar surface area (TPSA) is 33.1 Å². The highest BCUT2D eigenvalue weighted by atomic mass is 35.5. The van der Waals surface area contributed by atoms with Crippen LogP contribution in [0.3, 0.4) is 0 Å². The van der Waals surface area contributed by atoms with Crippen molar-refractivity contribution in [3.63, 3.8) is 0 Å². The van der Waals surface area contributed by atoms with Crippen LogP contribution in [0.5, 0.6) is 0 Å². The molecule has 0 amide bonds. The highest BCUT2D eigenvalue weighted by Crippen LogP contribution is 2.39. The van der Waals surface area contributed by atoms with Gasteiger partial charge in [0.15, 0.2) is 5.11 Å². The van der Waals surface area contributed by atoms with Crippen molar-refractivity contribution in [2.45, 2.75) is 19.0 Å². The second-order valence-electron chi connectivity index (χ2n) is 6.31. The zero-order chi connectivity index (χ0) is 19.0. The zero-order valence-electron chi connectivity index (χ0n) is 14.6. The van der Waals surface area contributed by atoms with Crippen molar-refractivity contribution < 1.29 is 4.39 Å². The summed E-state index contributed by atoms with van der Waals surface area (Å²) in [5.41, 5.74) is 2.75. The lowest BCUT2D eigenvalue weighted by Crippen LogP contribution is -2.30. The fourth-order valence-electron chi connectivity index (χ4n) is 3.57. The van der Waals surface area contributed by atoms with Crippen LogP contribution in [-0.2, 0) is 0 Å². The van der Waals surface area contributed by atoms with E-state index in [1.165, 1.54) is 6.07 Å². The van der Waals surface area contributed by atoms with Gasteiger partial charge >= 0.3 is 0 Å². The minimum absolute atomic E-state index is 0.0452. The maximum atomic E-state index is 13.6. The van der Waals surface area contributed by atoms with Gasteiger partial charge in [-0.2, -0.15) is 0 Å². The Morgan fingerprint density at radius 2 is 2.07 bits per heavy atom. The average Bonchev–Trinajstić information content (AvgIpc) is 3.28. The Balaban J connectivity index is 1.81. The first-order chi connectivity index (χ1) is 13.1. The van der Waals surface area contributed by atoms with Crippen molar-refractivity contribution in [3.05, 3.63) is 83.2 Å². The number of nitrogens with one attached hydrogen (secondary N) is 1. The minimum atomic E-state index is -0.431.